The van der Waals surface area contributed by atoms with Gasteiger partial charge in [-0.15, -0.1) is 0 Å². The van der Waals surface area contributed by atoms with Crippen molar-refractivity contribution in [1.29, 1.82) is 0 Å². The summed E-state index contributed by atoms with van der Waals surface area (Å²) in [6.45, 7) is 8.17. The number of thiazole rings is 1. The minimum atomic E-state index is -0.329. The smallest absolute Gasteiger partial charge is 0.352 e. The summed E-state index contributed by atoms with van der Waals surface area (Å²) in [4.78, 5) is 18.9. The zero-order valence-corrected chi connectivity index (χ0v) is 12.8. The van der Waals surface area contributed by atoms with Crippen molar-refractivity contribution >= 4 is 28.3 Å². The summed E-state index contributed by atoms with van der Waals surface area (Å²) in [6.07, 6.45) is 3.18. The van der Waals surface area contributed by atoms with Crippen LogP contribution in [0.2, 0.25) is 0 Å². The molecule has 0 aliphatic heterocycles. The first kappa shape index (κ1) is 15.8. The van der Waals surface area contributed by atoms with E-state index in [4.69, 9.17) is 10.5 Å². The van der Waals surface area contributed by atoms with Gasteiger partial charge in [0.15, 0.2) is 15.8 Å². The van der Waals surface area contributed by atoms with Gasteiger partial charge in [0.05, 0.1) is 6.61 Å². The van der Waals surface area contributed by atoms with Crippen LogP contribution >= 0.6 is 11.3 Å². The summed E-state index contributed by atoms with van der Waals surface area (Å²) < 4.78 is 5.06. The lowest BCUT2D eigenvalue weighted by Crippen LogP contribution is -2.27. The first-order chi connectivity index (χ1) is 9.13. The van der Waals surface area contributed by atoms with E-state index in [0.717, 1.165) is 32.4 Å². The molecule has 1 aromatic heterocycles. The van der Waals surface area contributed by atoms with Crippen molar-refractivity contribution in [2.75, 3.05) is 30.3 Å². The van der Waals surface area contributed by atoms with Gasteiger partial charge in [-0.3, -0.25) is 0 Å². The second-order valence-corrected chi connectivity index (χ2v) is 5.30. The first-order valence-electron chi connectivity index (χ1n) is 6.82. The summed E-state index contributed by atoms with van der Waals surface area (Å²) in [5, 5.41) is 0.413. The molecule has 0 aromatic carbocycles. The topological polar surface area (TPSA) is 68.5 Å². The number of carbonyl (C=O) groups is 1. The lowest BCUT2D eigenvalue weighted by atomic mass is 10.3. The fraction of sp³-hybridized carbons (Fsp3) is 0.692. The van der Waals surface area contributed by atoms with Crippen molar-refractivity contribution in [2.45, 2.75) is 40.0 Å². The van der Waals surface area contributed by atoms with Gasteiger partial charge in [-0.1, -0.05) is 31.6 Å². The molecule has 0 bridgehead atoms. The Morgan fingerprint density at radius 1 is 1.32 bits per heavy atom. The fourth-order valence-electron chi connectivity index (χ4n) is 1.81. The molecule has 1 heterocycles. The highest BCUT2D eigenvalue weighted by Crippen LogP contribution is 2.29. The van der Waals surface area contributed by atoms with Gasteiger partial charge in [0.1, 0.15) is 0 Å². The van der Waals surface area contributed by atoms with Gasteiger partial charge < -0.3 is 15.4 Å². The lowest BCUT2D eigenvalue weighted by Gasteiger charge is -2.22. The molecule has 0 aliphatic rings. The summed E-state index contributed by atoms with van der Waals surface area (Å²) >= 11 is 1.20. The normalized spacial score (nSPS) is 10.5. The van der Waals surface area contributed by atoms with Crippen molar-refractivity contribution in [2.24, 2.45) is 0 Å². The van der Waals surface area contributed by atoms with Crippen molar-refractivity contribution < 1.29 is 9.53 Å². The molecular formula is C13H23N3O2S. The highest BCUT2D eigenvalue weighted by molar-refractivity contribution is 7.17. The maximum absolute atomic E-state index is 11.9. The Morgan fingerprint density at radius 2 is 2.05 bits per heavy atom. The molecule has 5 nitrogen and oxygen atoms in total. The van der Waals surface area contributed by atoms with Crippen molar-refractivity contribution in [3.05, 3.63) is 4.88 Å². The minimum absolute atomic E-state index is 0.329. The molecule has 0 saturated heterocycles. The Balaban J connectivity index is 2.97. The maximum atomic E-state index is 11.9. The molecule has 0 unspecified atom stereocenters. The van der Waals surface area contributed by atoms with E-state index in [-0.39, 0.29) is 5.97 Å². The number of esters is 1. The number of nitrogen functional groups attached to an aromatic ring is 1. The molecule has 6 heteroatoms. The highest BCUT2D eigenvalue weighted by Gasteiger charge is 2.22. The molecule has 19 heavy (non-hydrogen) atoms. The average Bonchev–Trinajstić information content (AvgIpc) is 2.77. The second-order valence-electron chi connectivity index (χ2n) is 4.27. The minimum Gasteiger partial charge on any atom is -0.462 e. The van der Waals surface area contributed by atoms with Crippen LogP contribution in [-0.4, -0.2) is 30.6 Å². The van der Waals surface area contributed by atoms with Crippen LogP contribution in [0.3, 0.4) is 0 Å². The van der Waals surface area contributed by atoms with Gasteiger partial charge in [0, 0.05) is 13.1 Å². The van der Waals surface area contributed by atoms with Gasteiger partial charge in [0.2, 0.25) is 0 Å². The van der Waals surface area contributed by atoms with Crippen LogP contribution in [0.5, 0.6) is 0 Å². The number of hydrogen-bond acceptors (Lipinski definition) is 6. The summed E-state index contributed by atoms with van der Waals surface area (Å²) in [5.41, 5.74) is 5.75. The molecule has 0 atom stereocenters. The highest BCUT2D eigenvalue weighted by atomic mass is 32.1. The molecule has 0 saturated carbocycles. The third-order valence-corrected chi connectivity index (χ3v) is 3.52. The molecule has 0 amide bonds. The van der Waals surface area contributed by atoms with Crippen molar-refractivity contribution in [3.63, 3.8) is 0 Å². The third kappa shape index (κ3) is 4.38. The Hall–Kier alpha value is -1.30. The van der Waals surface area contributed by atoms with E-state index in [9.17, 15) is 4.79 Å². The Kier molecular flexibility index (Phi) is 6.62. The van der Waals surface area contributed by atoms with E-state index in [1.807, 2.05) is 0 Å². The number of unbranched alkanes of at least 4 members (excludes halogenated alkanes) is 1. The summed E-state index contributed by atoms with van der Waals surface area (Å²) in [7, 11) is 0. The molecular weight excluding hydrogens is 262 g/mol. The monoisotopic (exact) mass is 285 g/mol. The third-order valence-electron chi connectivity index (χ3n) is 2.66. The molecule has 1 aromatic rings. The predicted octanol–water partition coefficient (Wildman–Crippen LogP) is 2.92. The van der Waals surface area contributed by atoms with Crippen LogP contribution in [0.15, 0.2) is 0 Å². The number of anilines is 2. The second kappa shape index (κ2) is 7.99. The van der Waals surface area contributed by atoms with E-state index in [0.29, 0.717) is 22.4 Å². The van der Waals surface area contributed by atoms with Crippen molar-refractivity contribution in [1.82, 2.24) is 4.98 Å². The Labute approximate surface area is 118 Å². The van der Waals surface area contributed by atoms with E-state index < -0.39 is 0 Å². The zero-order chi connectivity index (χ0) is 14.3. The number of ether oxygens (including phenoxy) is 1. The van der Waals surface area contributed by atoms with Gasteiger partial charge >= 0.3 is 5.97 Å². The quantitative estimate of drug-likeness (QED) is 0.744. The predicted molar refractivity (Wildman–Crippen MR) is 79.9 cm³/mol. The Bertz CT molecular complexity index is 407. The van der Waals surface area contributed by atoms with Gasteiger partial charge in [-0.25, -0.2) is 9.78 Å². The SMILES string of the molecule is CCCCN(CCC)c1nc(N)sc1C(=O)OCC. The van der Waals surface area contributed by atoms with Crippen LogP contribution in [-0.2, 0) is 4.74 Å². The molecule has 2 N–H and O–H groups in total. The van der Waals surface area contributed by atoms with E-state index >= 15 is 0 Å². The summed E-state index contributed by atoms with van der Waals surface area (Å²) in [6, 6.07) is 0. The first-order valence-corrected chi connectivity index (χ1v) is 7.63. The van der Waals surface area contributed by atoms with Gasteiger partial charge in [-0.2, -0.15) is 0 Å². The maximum Gasteiger partial charge on any atom is 0.352 e. The van der Waals surface area contributed by atoms with E-state index in [2.05, 4.69) is 23.7 Å². The largest absolute Gasteiger partial charge is 0.462 e. The average molecular weight is 285 g/mol. The molecule has 0 spiro atoms. The van der Waals surface area contributed by atoms with Crippen LogP contribution in [0.25, 0.3) is 0 Å². The Morgan fingerprint density at radius 3 is 2.63 bits per heavy atom. The standard InChI is InChI=1S/C13H23N3O2S/c1-4-7-9-16(8-5-2)11-10(12(17)18-6-3)19-13(14)15-11/h4-9H2,1-3H3,(H2,14,15). The number of hydrogen-bond donors (Lipinski definition) is 1. The number of nitrogens with two attached hydrogens (primary N) is 1. The lowest BCUT2D eigenvalue weighted by molar-refractivity contribution is 0.0532. The van der Waals surface area contributed by atoms with E-state index in [1.54, 1.807) is 6.92 Å². The van der Waals surface area contributed by atoms with Crippen molar-refractivity contribution in [3.8, 4) is 0 Å². The van der Waals surface area contributed by atoms with Gasteiger partial charge in [0.25, 0.3) is 0 Å². The number of carbonyl (C=O) groups excluding carboxylic acids is 1. The van der Waals surface area contributed by atoms with E-state index in [1.165, 1.54) is 11.3 Å². The molecule has 108 valence electrons. The van der Waals surface area contributed by atoms with Crippen LogP contribution in [0.4, 0.5) is 10.9 Å². The molecule has 0 fully saturated rings. The van der Waals surface area contributed by atoms with Crippen LogP contribution in [0.1, 0.15) is 49.7 Å². The number of rotatable bonds is 8. The summed E-state index contributed by atoms with van der Waals surface area (Å²) in [5.74, 6) is 0.348. The molecule has 0 radical (unpaired) electrons. The number of aromatic nitrogens is 1. The zero-order valence-electron chi connectivity index (χ0n) is 11.9. The fourth-order valence-corrected chi connectivity index (χ4v) is 2.56. The van der Waals surface area contributed by atoms with Crippen LogP contribution in [0, 0.1) is 0 Å². The number of nitrogens with zero attached hydrogens (tertiary/aromatic N) is 2. The molecule has 1 rings (SSSR count). The van der Waals surface area contributed by atoms with Crippen LogP contribution < -0.4 is 10.6 Å². The molecule has 0 aliphatic carbocycles. The van der Waals surface area contributed by atoms with Gasteiger partial charge in [-0.05, 0) is 19.8 Å².